The molecule has 0 spiro atoms. The van der Waals surface area contributed by atoms with Gasteiger partial charge in [-0.15, -0.1) is 0 Å². The van der Waals surface area contributed by atoms with Crippen LogP contribution in [0.15, 0.2) is 53.5 Å². The molecular weight excluding hydrogens is 228 g/mol. The van der Waals surface area contributed by atoms with Crippen molar-refractivity contribution < 1.29 is 4.79 Å². The van der Waals surface area contributed by atoms with E-state index in [1.54, 1.807) is 16.8 Å². The number of amides is 1. The van der Waals surface area contributed by atoms with Crippen LogP contribution in [0.5, 0.6) is 0 Å². The third kappa shape index (κ3) is 3.07. The number of nitrogens with zero attached hydrogens (tertiary/aromatic N) is 1. The Bertz CT molecular complexity index is 603. The predicted octanol–water partition coefficient (Wildman–Crippen LogP) is 1.85. The second-order valence-corrected chi connectivity index (χ2v) is 4.05. The number of carbonyl (C=O) groups excluding carboxylic acids is 1. The molecule has 1 aromatic carbocycles. The molecule has 4 heteroatoms. The summed E-state index contributed by atoms with van der Waals surface area (Å²) in [6, 6.07) is 12.8. The summed E-state index contributed by atoms with van der Waals surface area (Å²) < 4.78 is 1.57. The van der Waals surface area contributed by atoms with E-state index in [0.29, 0.717) is 12.2 Å². The Balaban J connectivity index is 2.27. The fourth-order valence-corrected chi connectivity index (χ4v) is 1.71. The number of benzene rings is 1. The van der Waals surface area contributed by atoms with Gasteiger partial charge in [0.2, 0.25) is 5.91 Å². The van der Waals surface area contributed by atoms with Crippen LogP contribution in [0.1, 0.15) is 12.5 Å². The Hall–Kier alpha value is -2.36. The van der Waals surface area contributed by atoms with Gasteiger partial charge < -0.3 is 9.88 Å². The zero-order chi connectivity index (χ0) is 13.0. The smallest absolute Gasteiger partial charge is 0.250 e. The van der Waals surface area contributed by atoms with Crippen LogP contribution in [0.3, 0.4) is 0 Å². The Morgan fingerprint density at radius 2 is 1.89 bits per heavy atom. The normalized spacial score (nSPS) is 10.1. The van der Waals surface area contributed by atoms with Crippen LogP contribution in [0, 0.1) is 0 Å². The summed E-state index contributed by atoms with van der Waals surface area (Å²) in [5.41, 5.74) is 1.57. The maximum atomic E-state index is 11.7. The van der Waals surface area contributed by atoms with Crippen LogP contribution < -0.4 is 10.9 Å². The number of rotatable bonds is 3. The molecule has 18 heavy (non-hydrogen) atoms. The van der Waals surface area contributed by atoms with Gasteiger partial charge in [0.1, 0.15) is 0 Å². The first-order chi connectivity index (χ1) is 8.65. The van der Waals surface area contributed by atoms with E-state index in [4.69, 9.17) is 0 Å². The number of hydrogen-bond acceptors (Lipinski definition) is 2. The second kappa shape index (κ2) is 5.31. The van der Waals surface area contributed by atoms with Crippen LogP contribution in [0.25, 0.3) is 0 Å². The van der Waals surface area contributed by atoms with Crippen molar-refractivity contribution in [1.29, 1.82) is 0 Å². The lowest BCUT2D eigenvalue weighted by atomic mass is 10.2. The van der Waals surface area contributed by atoms with Crippen molar-refractivity contribution in [2.45, 2.75) is 13.5 Å². The molecule has 4 nitrogen and oxygen atoms in total. The standard InChI is InChI=1S/C14H14N2O2/c1-11(17)15-13-7-8-14(18)16(10-13)9-12-5-3-2-4-6-12/h2-8,10H,9H2,1H3,(H,15,17). The van der Waals surface area contributed by atoms with Crippen molar-refractivity contribution in [3.8, 4) is 0 Å². The molecule has 0 saturated carbocycles. The molecule has 1 amide bonds. The number of aromatic nitrogens is 1. The molecule has 0 bridgehead atoms. The number of anilines is 1. The number of hydrogen-bond donors (Lipinski definition) is 1. The lowest BCUT2D eigenvalue weighted by molar-refractivity contribution is -0.114. The largest absolute Gasteiger partial charge is 0.325 e. The minimum atomic E-state index is -0.153. The van der Waals surface area contributed by atoms with Crippen molar-refractivity contribution >= 4 is 11.6 Å². The van der Waals surface area contributed by atoms with Gasteiger partial charge in [0.25, 0.3) is 5.56 Å². The maximum Gasteiger partial charge on any atom is 0.250 e. The summed E-state index contributed by atoms with van der Waals surface area (Å²) >= 11 is 0. The quantitative estimate of drug-likeness (QED) is 0.893. The van der Waals surface area contributed by atoms with Crippen molar-refractivity contribution in [3.63, 3.8) is 0 Å². The molecule has 0 aliphatic carbocycles. The number of pyridine rings is 1. The van der Waals surface area contributed by atoms with E-state index in [2.05, 4.69) is 5.32 Å². The van der Waals surface area contributed by atoms with Gasteiger partial charge in [-0.1, -0.05) is 30.3 Å². The molecule has 0 atom stereocenters. The summed E-state index contributed by atoms with van der Waals surface area (Å²) in [7, 11) is 0. The summed E-state index contributed by atoms with van der Waals surface area (Å²) in [6.45, 7) is 1.93. The number of carbonyl (C=O) groups is 1. The van der Waals surface area contributed by atoms with E-state index < -0.39 is 0 Å². The molecule has 0 aliphatic rings. The minimum Gasteiger partial charge on any atom is -0.325 e. The molecule has 0 aliphatic heterocycles. The maximum absolute atomic E-state index is 11.7. The Labute approximate surface area is 105 Å². The van der Waals surface area contributed by atoms with E-state index in [-0.39, 0.29) is 11.5 Å². The van der Waals surface area contributed by atoms with Crippen molar-refractivity contribution in [2.75, 3.05) is 5.32 Å². The first-order valence-corrected chi connectivity index (χ1v) is 5.67. The highest BCUT2D eigenvalue weighted by atomic mass is 16.1. The van der Waals surface area contributed by atoms with E-state index >= 15 is 0 Å². The first-order valence-electron chi connectivity index (χ1n) is 5.67. The first kappa shape index (κ1) is 12.1. The van der Waals surface area contributed by atoms with E-state index in [0.717, 1.165) is 5.56 Å². The summed E-state index contributed by atoms with van der Waals surface area (Å²) in [6.07, 6.45) is 1.65. The van der Waals surface area contributed by atoms with E-state index in [9.17, 15) is 9.59 Å². The summed E-state index contributed by atoms with van der Waals surface area (Å²) in [5, 5.41) is 2.66. The highest BCUT2D eigenvalue weighted by molar-refractivity contribution is 5.88. The van der Waals surface area contributed by atoms with Crippen LogP contribution in [0.2, 0.25) is 0 Å². The van der Waals surface area contributed by atoms with Gasteiger partial charge in [-0.25, -0.2) is 0 Å². The number of nitrogens with one attached hydrogen (secondary N) is 1. The predicted molar refractivity (Wildman–Crippen MR) is 70.5 cm³/mol. The fraction of sp³-hybridized carbons (Fsp3) is 0.143. The molecule has 1 N–H and O–H groups in total. The van der Waals surface area contributed by atoms with Crippen LogP contribution >= 0.6 is 0 Å². The van der Waals surface area contributed by atoms with Crippen LogP contribution in [-0.2, 0) is 11.3 Å². The average Bonchev–Trinajstić information content (AvgIpc) is 2.34. The molecule has 0 saturated heterocycles. The van der Waals surface area contributed by atoms with Crippen LogP contribution in [-0.4, -0.2) is 10.5 Å². The van der Waals surface area contributed by atoms with E-state index in [1.807, 2.05) is 30.3 Å². The lowest BCUT2D eigenvalue weighted by Gasteiger charge is -2.08. The van der Waals surface area contributed by atoms with Gasteiger partial charge >= 0.3 is 0 Å². The average molecular weight is 242 g/mol. The molecule has 1 aromatic heterocycles. The van der Waals surface area contributed by atoms with Gasteiger partial charge in [0, 0.05) is 19.2 Å². The third-order valence-electron chi connectivity index (χ3n) is 2.50. The van der Waals surface area contributed by atoms with Gasteiger partial charge in [-0.05, 0) is 11.6 Å². The monoisotopic (exact) mass is 242 g/mol. The second-order valence-electron chi connectivity index (χ2n) is 4.05. The van der Waals surface area contributed by atoms with Crippen molar-refractivity contribution in [1.82, 2.24) is 4.57 Å². The molecular formula is C14H14N2O2. The fourth-order valence-electron chi connectivity index (χ4n) is 1.71. The molecule has 1 heterocycles. The molecule has 92 valence electrons. The zero-order valence-electron chi connectivity index (χ0n) is 10.1. The van der Waals surface area contributed by atoms with Gasteiger partial charge in [-0.3, -0.25) is 9.59 Å². The highest BCUT2D eigenvalue weighted by Gasteiger charge is 2.01. The van der Waals surface area contributed by atoms with Crippen molar-refractivity contribution in [2.24, 2.45) is 0 Å². The molecule has 0 fully saturated rings. The summed E-state index contributed by atoms with van der Waals surface area (Å²) in [4.78, 5) is 22.7. The Morgan fingerprint density at radius 1 is 1.17 bits per heavy atom. The lowest BCUT2D eigenvalue weighted by Crippen LogP contribution is -2.20. The van der Waals surface area contributed by atoms with E-state index in [1.165, 1.54) is 13.0 Å². The SMILES string of the molecule is CC(=O)Nc1ccc(=O)n(Cc2ccccc2)c1. The molecule has 0 radical (unpaired) electrons. The molecule has 2 rings (SSSR count). The Morgan fingerprint density at radius 3 is 2.56 bits per heavy atom. The topological polar surface area (TPSA) is 51.1 Å². The minimum absolute atomic E-state index is 0.0899. The van der Waals surface area contributed by atoms with Gasteiger partial charge in [0.15, 0.2) is 0 Å². The molecule has 2 aromatic rings. The Kier molecular flexibility index (Phi) is 3.57. The molecule has 0 unspecified atom stereocenters. The highest BCUT2D eigenvalue weighted by Crippen LogP contribution is 2.06. The third-order valence-corrected chi connectivity index (χ3v) is 2.50. The van der Waals surface area contributed by atoms with Gasteiger partial charge in [0.05, 0.1) is 12.2 Å². The van der Waals surface area contributed by atoms with Gasteiger partial charge in [-0.2, -0.15) is 0 Å². The zero-order valence-corrected chi connectivity index (χ0v) is 10.1. The van der Waals surface area contributed by atoms with Crippen LogP contribution in [0.4, 0.5) is 5.69 Å². The summed E-state index contributed by atoms with van der Waals surface area (Å²) in [5.74, 6) is -0.153. The van der Waals surface area contributed by atoms with Crippen molar-refractivity contribution in [3.05, 3.63) is 64.6 Å².